The normalized spacial score (nSPS) is 16.8. The number of carboxylic acid groups (broad SMARTS) is 1. The molecular weight excluding hydrogens is 460 g/mol. The van der Waals surface area contributed by atoms with Crippen molar-refractivity contribution in [2.45, 2.75) is 44.1 Å². The number of fused-ring (bicyclic) bond motifs is 3. The molecule has 1 amide bonds. The lowest BCUT2D eigenvalue weighted by Crippen LogP contribution is -2.53. The number of hydrogen-bond donors (Lipinski definition) is 2. The van der Waals surface area contributed by atoms with Crippen LogP contribution >= 0.6 is 0 Å². The Morgan fingerprint density at radius 3 is 2.36 bits per heavy atom. The van der Waals surface area contributed by atoms with Crippen LogP contribution in [0.5, 0.6) is 0 Å². The Hall–Kier alpha value is -3.72. The number of aromatic nitrogens is 2. The molecule has 2 aromatic carbocycles. The van der Waals surface area contributed by atoms with Gasteiger partial charge in [0.2, 0.25) is 5.89 Å². The fourth-order valence-corrected chi connectivity index (χ4v) is 5.25. The molecule has 1 aliphatic heterocycles. The van der Waals surface area contributed by atoms with Gasteiger partial charge in [-0.1, -0.05) is 60.6 Å². The van der Waals surface area contributed by atoms with Gasteiger partial charge in [-0.15, -0.1) is 0 Å². The zero-order valence-electron chi connectivity index (χ0n) is 20.3. The van der Waals surface area contributed by atoms with Gasteiger partial charge in [0.25, 0.3) is 0 Å². The van der Waals surface area contributed by atoms with Gasteiger partial charge in [0.1, 0.15) is 12.1 Å². The number of rotatable bonds is 8. The standard InChI is InChI=1S/C27H30N4O5/c1-2-31-15-13-27(14-16-31,25-28-23(36-30-25)11-12-24(32)33)29-26(34)35-17-22-20-9-5-3-7-18(20)19-8-4-6-10-21(19)22/h3-10,22H,2,11-17H2,1H3,(H,29,34)(H,32,33). The maximum atomic E-state index is 13.1. The zero-order chi connectivity index (χ0) is 25.1. The quantitative estimate of drug-likeness (QED) is 0.488. The molecule has 5 rings (SSSR count). The van der Waals surface area contributed by atoms with Gasteiger partial charge in [-0.05, 0) is 41.6 Å². The molecule has 1 aromatic heterocycles. The lowest BCUT2D eigenvalue weighted by atomic mass is 9.86. The Balaban J connectivity index is 1.31. The van der Waals surface area contributed by atoms with Crippen LogP contribution < -0.4 is 5.32 Å². The minimum atomic E-state index is -0.933. The molecule has 0 atom stereocenters. The first kappa shape index (κ1) is 24.0. The summed E-state index contributed by atoms with van der Waals surface area (Å²) in [7, 11) is 0. The maximum Gasteiger partial charge on any atom is 0.407 e. The van der Waals surface area contributed by atoms with Crippen LogP contribution in [0.4, 0.5) is 4.79 Å². The third-order valence-electron chi connectivity index (χ3n) is 7.29. The van der Waals surface area contributed by atoms with Crippen molar-refractivity contribution in [1.82, 2.24) is 20.4 Å². The molecular formula is C27H30N4O5. The van der Waals surface area contributed by atoms with Crippen molar-refractivity contribution in [3.05, 3.63) is 71.4 Å². The molecule has 1 aliphatic carbocycles. The summed E-state index contributed by atoms with van der Waals surface area (Å²) < 4.78 is 11.1. The molecule has 36 heavy (non-hydrogen) atoms. The molecule has 2 heterocycles. The molecule has 0 unspecified atom stereocenters. The summed E-state index contributed by atoms with van der Waals surface area (Å²) in [5, 5.41) is 16.1. The maximum absolute atomic E-state index is 13.1. The molecule has 188 valence electrons. The highest BCUT2D eigenvalue weighted by Gasteiger charge is 2.42. The first-order chi connectivity index (χ1) is 17.5. The van der Waals surface area contributed by atoms with E-state index in [4.69, 9.17) is 14.4 Å². The number of benzene rings is 2. The van der Waals surface area contributed by atoms with Crippen molar-refractivity contribution in [3.63, 3.8) is 0 Å². The fourth-order valence-electron chi connectivity index (χ4n) is 5.25. The summed E-state index contributed by atoms with van der Waals surface area (Å²) >= 11 is 0. The second-order valence-electron chi connectivity index (χ2n) is 9.37. The number of carboxylic acids is 1. The van der Waals surface area contributed by atoms with Crippen LogP contribution in [0.15, 0.2) is 53.1 Å². The number of hydrogen-bond acceptors (Lipinski definition) is 7. The summed E-state index contributed by atoms with van der Waals surface area (Å²) in [5.41, 5.74) is 3.81. The molecule has 0 saturated carbocycles. The van der Waals surface area contributed by atoms with Crippen molar-refractivity contribution in [1.29, 1.82) is 0 Å². The Bertz CT molecular complexity index is 1200. The van der Waals surface area contributed by atoms with Gasteiger partial charge < -0.3 is 24.6 Å². The van der Waals surface area contributed by atoms with E-state index in [1.54, 1.807) is 0 Å². The van der Waals surface area contributed by atoms with Gasteiger partial charge >= 0.3 is 12.1 Å². The Morgan fingerprint density at radius 2 is 1.75 bits per heavy atom. The van der Waals surface area contributed by atoms with Crippen LogP contribution in [-0.2, 0) is 21.5 Å². The number of piperidine rings is 1. The number of carbonyl (C=O) groups excluding carboxylic acids is 1. The van der Waals surface area contributed by atoms with E-state index < -0.39 is 17.6 Å². The molecule has 2 N–H and O–H groups in total. The van der Waals surface area contributed by atoms with Crippen LogP contribution in [0, 0.1) is 0 Å². The number of carbonyl (C=O) groups is 2. The van der Waals surface area contributed by atoms with Gasteiger partial charge in [0.15, 0.2) is 5.82 Å². The highest BCUT2D eigenvalue weighted by atomic mass is 16.5. The number of nitrogens with one attached hydrogen (secondary N) is 1. The smallest absolute Gasteiger partial charge is 0.407 e. The van der Waals surface area contributed by atoms with Crippen LogP contribution in [-0.4, -0.2) is 58.5 Å². The van der Waals surface area contributed by atoms with Crippen molar-refractivity contribution in [3.8, 4) is 11.1 Å². The molecule has 0 radical (unpaired) electrons. The third kappa shape index (κ3) is 4.70. The number of ether oxygens (including phenoxy) is 1. The Kier molecular flexibility index (Phi) is 6.73. The van der Waals surface area contributed by atoms with E-state index in [0.717, 1.165) is 30.8 Å². The van der Waals surface area contributed by atoms with Gasteiger partial charge in [0.05, 0.1) is 6.42 Å². The van der Waals surface area contributed by atoms with E-state index in [1.165, 1.54) is 11.1 Å². The summed E-state index contributed by atoms with van der Waals surface area (Å²) in [4.78, 5) is 30.8. The lowest BCUT2D eigenvalue weighted by Gasteiger charge is -2.39. The first-order valence-electron chi connectivity index (χ1n) is 12.4. The highest BCUT2D eigenvalue weighted by molar-refractivity contribution is 5.79. The van der Waals surface area contributed by atoms with Crippen LogP contribution in [0.3, 0.4) is 0 Å². The number of nitrogens with zero attached hydrogens (tertiary/aromatic N) is 3. The topological polar surface area (TPSA) is 118 Å². The summed E-state index contributed by atoms with van der Waals surface area (Å²) in [6, 6.07) is 16.4. The number of likely N-dealkylation sites (tertiary alicyclic amines) is 1. The molecule has 1 fully saturated rings. The van der Waals surface area contributed by atoms with E-state index in [2.05, 4.69) is 51.5 Å². The SMILES string of the molecule is CCN1CCC(NC(=O)OCC2c3ccccc3-c3ccccc32)(c2noc(CCC(=O)O)n2)CC1. The predicted octanol–water partition coefficient (Wildman–Crippen LogP) is 3.94. The van der Waals surface area contributed by atoms with Gasteiger partial charge in [0, 0.05) is 25.4 Å². The summed E-state index contributed by atoms with van der Waals surface area (Å²) in [6.45, 7) is 4.76. The molecule has 9 heteroatoms. The number of amides is 1. The average Bonchev–Trinajstić information content (AvgIpc) is 3.50. The van der Waals surface area contributed by atoms with E-state index in [9.17, 15) is 9.59 Å². The predicted molar refractivity (Wildman–Crippen MR) is 131 cm³/mol. The number of aliphatic carboxylic acids is 1. The second-order valence-corrected chi connectivity index (χ2v) is 9.37. The van der Waals surface area contributed by atoms with Crippen LogP contribution in [0.1, 0.15) is 54.9 Å². The average molecular weight is 491 g/mol. The van der Waals surface area contributed by atoms with E-state index in [1.807, 2.05) is 24.3 Å². The number of alkyl carbamates (subject to hydrolysis) is 1. The van der Waals surface area contributed by atoms with E-state index >= 15 is 0 Å². The van der Waals surface area contributed by atoms with Gasteiger partial charge in [-0.25, -0.2) is 4.79 Å². The van der Waals surface area contributed by atoms with E-state index in [0.29, 0.717) is 18.7 Å². The lowest BCUT2D eigenvalue weighted by molar-refractivity contribution is -0.137. The monoisotopic (exact) mass is 490 g/mol. The molecule has 9 nitrogen and oxygen atoms in total. The Labute approximate surface area is 209 Å². The largest absolute Gasteiger partial charge is 0.481 e. The minimum absolute atomic E-state index is 0.0335. The van der Waals surface area contributed by atoms with Crippen molar-refractivity contribution in [2.75, 3.05) is 26.2 Å². The minimum Gasteiger partial charge on any atom is -0.481 e. The molecule has 3 aromatic rings. The molecule has 1 saturated heterocycles. The second kappa shape index (κ2) is 10.1. The third-order valence-corrected chi connectivity index (χ3v) is 7.29. The van der Waals surface area contributed by atoms with Crippen LogP contribution in [0.2, 0.25) is 0 Å². The summed E-state index contributed by atoms with van der Waals surface area (Å²) in [5.74, 6) is -0.350. The molecule has 0 spiro atoms. The van der Waals surface area contributed by atoms with Crippen molar-refractivity contribution < 1.29 is 24.0 Å². The highest BCUT2D eigenvalue weighted by Crippen LogP contribution is 2.44. The molecule has 2 aliphatic rings. The van der Waals surface area contributed by atoms with Crippen molar-refractivity contribution in [2.24, 2.45) is 0 Å². The first-order valence-corrected chi connectivity index (χ1v) is 12.4. The number of aryl methyl sites for hydroxylation is 1. The van der Waals surface area contributed by atoms with Gasteiger partial charge in [-0.2, -0.15) is 4.98 Å². The summed E-state index contributed by atoms with van der Waals surface area (Å²) in [6.07, 6.45) is 0.715. The molecule has 0 bridgehead atoms. The van der Waals surface area contributed by atoms with Crippen molar-refractivity contribution >= 4 is 12.1 Å². The van der Waals surface area contributed by atoms with Gasteiger partial charge in [-0.3, -0.25) is 4.79 Å². The zero-order valence-corrected chi connectivity index (χ0v) is 20.3. The fraction of sp³-hybridized carbons (Fsp3) is 0.407. The van der Waals surface area contributed by atoms with E-state index in [-0.39, 0.29) is 31.3 Å². The Morgan fingerprint density at radius 1 is 1.11 bits per heavy atom. The van der Waals surface area contributed by atoms with Crippen LogP contribution in [0.25, 0.3) is 11.1 Å².